The lowest BCUT2D eigenvalue weighted by atomic mass is 10.1. The molecule has 0 unspecified atom stereocenters. The number of halogens is 2. The highest BCUT2D eigenvalue weighted by Crippen LogP contribution is 2.21. The molecule has 0 fully saturated rings. The van der Waals surface area contributed by atoms with E-state index in [9.17, 15) is 9.18 Å². The molecule has 0 bridgehead atoms. The summed E-state index contributed by atoms with van der Waals surface area (Å²) in [4.78, 5) is 16.3. The van der Waals surface area contributed by atoms with Crippen LogP contribution < -0.4 is 5.32 Å². The maximum absolute atomic E-state index is 13.2. The second-order valence-corrected chi connectivity index (χ2v) is 5.46. The Morgan fingerprint density at radius 1 is 1.35 bits per heavy atom. The third kappa shape index (κ3) is 3.48. The van der Waals surface area contributed by atoms with E-state index in [0.29, 0.717) is 23.9 Å². The van der Waals surface area contributed by atoms with Crippen LogP contribution in [0.3, 0.4) is 0 Å². The highest BCUT2D eigenvalue weighted by atomic mass is 35.5. The third-order valence-electron chi connectivity index (χ3n) is 3.32. The number of rotatable bonds is 4. The smallest absolute Gasteiger partial charge is 0.254 e. The zero-order valence-corrected chi connectivity index (χ0v) is 13.0. The van der Waals surface area contributed by atoms with Crippen LogP contribution in [0.2, 0.25) is 5.15 Å². The van der Waals surface area contributed by atoms with Gasteiger partial charge in [0.25, 0.3) is 5.91 Å². The Balaban J connectivity index is 1.72. The van der Waals surface area contributed by atoms with Gasteiger partial charge in [-0.2, -0.15) is 0 Å². The van der Waals surface area contributed by atoms with Crippen LogP contribution in [-0.4, -0.2) is 22.6 Å². The van der Waals surface area contributed by atoms with Gasteiger partial charge in [0.05, 0.1) is 16.8 Å². The van der Waals surface area contributed by atoms with Crippen LogP contribution in [0.15, 0.2) is 34.9 Å². The van der Waals surface area contributed by atoms with E-state index in [1.54, 1.807) is 19.1 Å². The molecule has 0 saturated carbocycles. The number of pyridine rings is 1. The lowest BCUT2D eigenvalue weighted by molar-refractivity contribution is 0.0954. The number of carbonyl (C=O) groups is 1. The molecule has 3 aromatic rings. The van der Waals surface area contributed by atoms with Crippen LogP contribution >= 0.6 is 11.6 Å². The molecule has 1 N–H and O–H groups in total. The SMILES string of the molecule is Cc1cc(CCNC(=O)c2cc3ccc(F)cc3nc2Cl)no1. The average Bonchev–Trinajstić information content (AvgIpc) is 2.91. The maximum Gasteiger partial charge on any atom is 0.254 e. The van der Waals surface area contributed by atoms with E-state index in [1.165, 1.54) is 12.1 Å². The summed E-state index contributed by atoms with van der Waals surface area (Å²) in [5, 5.41) is 7.29. The van der Waals surface area contributed by atoms with Gasteiger partial charge in [-0.1, -0.05) is 16.8 Å². The molecule has 0 atom stereocenters. The Bertz CT molecular complexity index is 879. The van der Waals surface area contributed by atoms with E-state index in [1.807, 2.05) is 6.07 Å². The second kappa shape index (κ2) is 6.34. The van der Waals surface area contributed by atoms with Crippen molar-refractivity contribution in [1.29, 1.82) is 0 Å². The van der Waals surface area contributed by atoms with Gasteiger partial charge in [-0.3, -0.25) is 4.79 Å². The third-order valence-corrected chi connectivity index (χ3v) is 3.61. The molecule has 1 amide bonds. The summed E-state index contributed by atoms with van der Waals surface area (Å²) in [7, 11) is 0. The van der Waals surface area contributed by atoms with Crippen molar-refractivity contribution >= 4 is 28.4 Å². The lowest BCUT2D eigenvalue weighted by Gasteiger charge is -2.07. The van der Waals surface area contributed by atoms with Gasteiger partial charge in [-0.05, 0) is 25.1 Å². The monoisotopic (exact) mass is 333 g/mol. The molecule has 118 valence electrons. The van der Waals surface area contributed by atoms with Crippen molar-refractivity contribution in [3.8, 4) is 0 Å². The van der Waals surface area contributed by atoms with Gasteiger partial charge in [-0.15, -0.1) is 0 Å². The van der Waals surface area contributed by atoms with Gasteiger partial charge in [0.1, 0.15) is 16.7 Å². The van der Waals surface area contributed by atoms with Crippen LogP contribution in [0, 0.1) is 12.7 Å². The maximum atomic E-state index is 13.2. The van der Waals surface area contributed by atoms with Crippen molar-refractivity contribution in [2.24, 2.45) is 0 Å². The molecule has 23 heavy (non-hydrogen) atoms. The molecule has 0 aliphatic rings. The standard InChI is InChI=1S/C16H13ClFN3O2/c1-9-6-12(21-23-9)4-5-19-16(22)13-7-10-2-3-11(18)8-14(10)20-15(13)17/h2-3,6-8H,4-5H2,1H3,(H,19,22). The molecule has 2 heterocycles. The molecule has 2 aromatic heterocycles. The molecule has 7 heteroatoms. The van der Waals surface area contributed by atoms with E-state index < -0.39 is 5.82 Å². The van der Waals surface area contributed by atoms with Crippen molar-refractivity contribution in [1.82, 2.24) is 15.5 Å². The summed E-state index contributed by atoms with van der Waals surface area (Å²) in [6, 6.07) is 7.55. The fraction of sp³-hybridized carbons (Fsp3) is 0.188. The Hall–Kier alpha value is -2.47. The second-order valence-electron chi connectivity index (χ2n) is 5.10. The first-order chi connectivity index (χ1) is 11.0. The van der Waals surface area contributed by atoms with Gasteiger partial charge in [0.2, 0.25) is 0 Å². The van der Waals surface area contributed by atoms with Gasteiger partial charge in [0.15, 0.2) is 0 Å². The summed E-state index contributed by atoms with van der Waals surface area (Å²) >= 11 is 6.03. The van der Waals surface area contributed by atoms with Crippen LogP contribution in [-0.2, 0) is 6.42 Å². The van der Waals surface area contributed by atoms with E-state index in [0.717, 1.165) is 11.5 Å². The Kier molecular flexibility index (Phi) is 4.25. The number of nitrogens with one attached hydrogen (secondary N) is 1. The predicted octanol–water partition coefficient (Wildman–Crippen LogP) is 3.30. The Labute approximate surface area is 136 Å². The van der Waals surface area contributed by atoms with E-state index in [2.05, 4.69) is 15.5 Å². The van der Waals surface area contributed by atoms with E-state index >= 15 is 0 Å². The predicted molar refractivity (Wildman–Crippen MR) is 84.0 cm³/mol. The highest BCUT2D eigenvalue weighted by molar-refractivity contribution is 6.33. The first-order valence-electron chi connectivity index (χ1n) is 6.99. The number of hydrogen-bond acceptors (Lipinski definition) is 4. The number of nitrogens with zero attached hydrogens (tertiary/aromatic N) is 2. The van der Waals surface area contributed by atoms with E-state index in [4.69, 9.17) is 16.1 Å². The fourth-order valence-corrected chi connectivity index (χ4v) is 2.44. The number of aromatic nitrogens is 2. The quantitative estimate of drug-likeness (QED) is 0.744. The molecule has 3 rings (SSSR count). The average molecular weight is 334 g/mol. The number of benzene rings is 1. The molecule has 0 saturated heterocycles. The number of carbonyl (C=O) groups excluding carboxylic acids is 1. The van der Waals surface area contributed by atoms with Crippen LogP contribution in [0.5, 0.6) is 0 Å². The van der Waals surface area contributed by atoms with Crippen LogP contribution in [0.4, 0.5) is 4.39 Å². The molecule has 0 aliphatic carbocycles. The molecule has 0 radical (unpaired) electrons. The van der Waals surface area contributed by atoms with Crippen LogP contribution in [0.25, 0.3) is 10.9 Å². The zero-order chi connectivity index (χ0) is 16.4. The first-order valence-corrected chi connectivity index (χ1v) is 7.37. The highest BCUT2D eigenvalue weighted by Gasteiger charge is 2.13. The van der Waals surface area contributed by atoms with Crippen molar-refractivity contribution in [2.75, 3.05) is 6.54 Å². The normalized spacial score (nSPS) is 10.9. The van der Waals surface area contributed by atoms with Gasteiger partial charge in [-0.25, -0.2) is 9.37 Å². The van der Waals surface area contributed by atoms with Crippen molar-refractivity contribution < 1.29 is 13.7 Å². The summed E-state index contributed by atoms with van der Waals surface area (Å²) in [5.74, 6) is -0.0181. The minimum atomic E-state index is -0.402. The van der Waals surface area contributed by atoms with Crippen molar-refractivity contribution in [2.45, 2.75) is 13.3 Å². The number of fused-ring (bicyclic) bond motifs is 1. The summed E-state index contributed by atoms with van der Waals surface area (Å²) in [5.41, 5.74) is 1.42. The summed E-state index contributed by atoms with van der Waals surface area (Å²) in [6.07, 6.45) is 0.549. The molecule has 0 spiro atoms. The molecule has 5 nitrogen and oxygen atoms in total. The minimum Gasteiger partial charge on any atom is -0.361 e. The summed E-state index contributed by atoms with van der Waals surface area (Å²) in [6.45, 7) is 2.20. The molecule has 0 aliphatic heterocycles. The van der Waals surface area contributed by atoms with Crippen LogP contribution in [0.1, 0.15) is 21.8 Å². The lowest BCUT2D eigenvalue weighted by Crippen LogP contribution is -2.26. The fourth-order valence-electron chi connectivity index (χ4n) is 2.21. The van der Waals surface area contributed by atoms with Crippen molar-refractivity contribution in [3.63, 3.8) is 0 Å². The largest absolute Gasteiger partial charge is 0.361 e. The number of aryl methyl sites for hydroxylation is 1. The number of hydrogen-bond donors (Lipinski definition) is 1. The number of amides is 1. The topological polar surface area (TPSA) is 68.0 Å². The van der Waals surface area contributed by atoms with Gasteiger partial charge in [0, 0.05) is 30.5 Å². The van der Waals surface area contributed by atoms with Gasteiger partial charge >= 0.3 is 0 Å². The minimum absolute atomic E-state index is 0.0397. The van der Waals surface area contributed by atoms with Gasteiger partial charge < -0.3 is 9.84 Å². The Morgan fingerprint density at radius 3 is 2.91 bits per heavy atom. The zero-order valence-electron chi connectivity index (χ0n) is 12.3. The van der Waals surface area contributed by atoms with Crippen molar-refractivity contribution in [3.05, 3.63) is 58.3 Å². The Morgan fingerprint density at radius 2 is 2.17 bits per heavy atom. The summed E-state index contributed by atoms with van der Waals surface area (Å²) < 4.78 is 18.1. The first kappa shape index (κ1) is 15.4. The molecule has 1 aromatic carbocycles. The molecular formula is C16H13ClFN3O2. The van der Waals surface area contributed by atoms with E-state index in [-0.39, 0.29) is 16.6 Å². The molecular weight excluding hydrogens is 321 g/mol.